The molecule has 0 aromatic heterocycles. The van der Waals surface area contributed by atoms with Gasteiger partial charge in [-0.3, -0.25) is 20.2 Å². The van der Waals surface area contributed by atoms with Gasteiger partial charge in [-0.15, -0.1) is 0 Å². The fourth-order valence-electron chi connectivity index (χ4n) is 2.57. The number of ether oxygens (including phenoxy) is 1. The number of carbonyl (C=O) groups excluding carboxylic acids is 1. The topological polar surface area (TPSA) is 125 Å². The van der Waals surface area contributed by atoms with Crippen LogP contribution in [0.3, 0.4) is 0 Å². The lowest BCUT2D eigenvalue weighted by Gasteiger charge is -2.10. The number of unbranched alkanes of at least 4 members (excludes halogenated alkanes) is 1. The number of nitrogens with zero attached hydrogens (tertiary/aromatic N) is 2. The van der Waals surface area contributed by atoms with Crippen molar-refractivity contribution in [2.75, 3.05) is 18.5 Å². The summed E-state index contributed by atoms with van der Waals surface area (Å²) in [6, 6.07) is 11.4. The number of rotatable bonds is 10. The third-order valence-corrected chi connectivity index (χ3v) is 4.02. The van der Waals surface area contributed by atoms with Crippen molar-refractivity contribution in [2.45, 2.75) is 26.2 Å². The van der Waals surface area contributed by atoms with Gasteiger partial charge in [0.1, 0.15) is 0 Å². The predicted octanol–water partition coefficient (Wildman–Crippen LogP) is 4.11. The van der Waals surface area contributed by atoms with Gasteiger partial charge in [0, 0.05) is 18.7 Å². The molecule has 2 rings (SSSR count). The zero-order valence-corrected chi connectivity index (χ0v) is 15.4. The van der Waals surface area contributed by atoms with E-state index in [4.69, 9.17) is 4.74 Å². The van der Waals surface area contributed by atoms with Gasteiger partial charge >= 0.3 is 5.97 Å². The first-order chi connectivity index (χ1) is 13.4. The first-order valence-corrected chi connectivity index (χ1v) is 8.85. The van der Waals surface area contributed by atoms with Gasteiger partial charge in [0.2, 0.25) is 0 Å². The number of anilines is 1. The fraction of sp³-hybridized carbons (Fsp3) is 0.316. The van der Waals surface area contributed by atoms with Crippen LogP contribution >= 0.6 is 0 Å². The molecule has 2 aromatic rings. The van der Waals surface area contributed by atoms with E-state index in [2.05, 4.69) is 5.32 Å². The predicted molar refractivity (Wildman–Crippen MR) is 104 cm³/mol. The van der Waals surface area contributed by atoms with Gasteiger partial charge < -0.3 is 10.1 Å². The molecule has 0 saturated heterocycles. The van der Waals surface area contributed by atoms with Gasteiger partial charge in [-0.25, -0.2) is 4.79 Å². The Labute approximate surface area is 161 Å². The molecule has 2 aromatic carbocycles. The zero-order valence-electron chi connectivity index (χ0n) is 15.4. The van der Waals surface area contributed by atoms with Crippen molar-refractivity contribution in [2.24, 2.45) is 0 Å². The number of hydrogen-bond donors (Lipinski definition) is 1. The molecule has 0 unspecified atom stereocenters. The molecule has 28 heavy (non-hydrogen) atoms. The molecule has 0 spiro atoms. The molecule has 1 N–H and O–H groups in total. The highest BCUT2D eigenvalue weighted by Gasteiger charge is 2.28. The SMILES string of the molecule is CCCCOC(=O)c1cc([N+](=O)[O-])c(NCCc2ccccc2)c([N+](=O)[O-])c1. The van der Waals surface area contributed by atoms with E-state index in [-0.39, 0.29) is 24.4 Å². The molecule has 0 aliphatic rings. The Morgan fingerprint density at radius 2 is 1.68 bits per heavy atom. The summed E-state index contributed by atoms with van der Waals surface area (Å²) in [6.45, 7) is 2.32. The number of nitro benzene ring substituents is 2. The smallest absolute Gasteiger partial charge is 0.338 e. The lowest BCUT2D eigenvalue weighted by molar-refractivity contribution is -0.392. The molecule has 0 aliphatic heterocycles. The second-order valence-corrected chi connectivity index (χ2v) is 6.06. The number of esters is 1. The van der Waals surface area contributed by atoms with Gasteiger partial charge in [0.15, 0.2) is 5.69 Å². The summed E-state index contributed by atoms with van der Waals surface area (Å²) >= 11 is 0. The molecule has 0 saturated carbocycles. The van der Waals surface area contributed by atoms with Crippen LogP contribution in [0.5, 0.6) is 0 Å². The fourth-order valence-corrected chi connectivity index (χ4v) is 2.57. The summed E-state index contributed by atoms with van der Waals surface area (Å²) in [5, 5.41) is 25.7. The number of nitrogens with one attached hydrogen (secondary N) is 1. The van der Waals surface area contributed by atoms with Gasteiger partial charge in [-0.2, -0.15) is 0 Å². The average Bonchev–Trinajstić information content (AvgIpc) is 2.68. The molecular formula is C19H21N3O6. The molecule has 148 valence electrons. The van der Waals surface area contributed by atoms with Gasteiger partial charge in [-0.1, -0.05) is 43.7 Å². The maximum absolute atomic E-state index is 12.1. The Morgan fingerprint density at radius 3 is 2.21 bits per heavy atom. The molecule has 9 nitrogen and oxygen atoms in total. The maximum Gasteiger partial charge on any atom is 0.338 e. The van der Waals surface area contributed by atoms with E-state index in [0.29, 0.717) is 12.8 Å². The van der Waals surface area contributed by atoms with Crippen LogP contribution in [0.15, 0.2) is 42.5 Å². The summed E-state index contributed by atoms with van der Waals surface area (Å²) in [5.74, 6) is -0.824. The van der Waals surface area contributed by atoms with E-state index < -0.39 is 27.2 Å². The van der Waals surface area contributed by atoms with Crippen LogP contribution in [0.4, 0.5) is 17.1 Å². The molecule has 0 amide bonds. The molecule has 0 bridgehead atoms. The van der Waals surface area contributed by atoms with Crippen LogP contribution in [0.1, 0.15) is 35.7 Å². The molecular weight excluding hydrogens is 366 g/mol. The minimum absolute atomic E-state index is 0.147. The van der Waals surface area contributed by atoms with E-state index in [1.165, 1.54) is 0 Å². The molecule has 9 heteroatoms. The van der Waals surface area contributed by atoms with E-state index in [1.54, 1.807) is 0 Å². The normalized spacial score (nSPS) is 10.3. The third kappa shape index (κ3) is 5.50. The van der Waals surface area contributed by atoms with Crippen LogP contribution in [0, 0.1) is 20.2 Å². The summed E-state index contributed by atoms with van der Waals surface area (Å²) in [7, 11) is 0. The van der Waals surface area contributed by atoms with E-state index in [1.807, 2.05) is 37.3 Å². The van der Waals surface area contributed by atoms with Crippen LogP contribution in [-0.2, 0) is 11.2 Å². The first-order valence-electron chi connectivity index (χ1n) is 8.85. The maximum atomic E-state index is 12.1. The van der Waals surface area contributed by atoms with E-state index >= 15 is 0 Å². The second-order valence-electron chi connectivity index (χ2n) is 6.06. The highest BCUT2D eigenvalue weighted by Crippen LogP contribution is 2.36. The van der Waals surface area contributed by atoms with Crippen molar-refractivity contribution in [3.8, 4) is 0 Å². The first kappa shape index (κ1) is 20.8. The summed E-state index contributed by atoms with van der Waals surface area (Å²) in [5.41, 5.74) is -0.537. The highest BCUT2D eigenvalue weighted by molar-refractivity contribution is 5.93. The van der Waals surface area contributed by atoms with Crippen LogP contribution in [0.2, 0.25) is 0 Å². The third-order valence-electron chi connectivity index (χ3n) is 4.02. The molecule has 0 radical (unpaired) electrons. The zero-order chi connectivity index (χ0) is 20.5. The van der Waals surface area contributed by atoms with Crippen molar-refractivity contribution in [3.05, 3.63) is 73.8 Å². The Balaban J connectivity index is 2.28. The Hall–Kier alpha value is -3.49. The summed E-state index contributed by atoms with van der Waals surface area (Å²) in [4.78, 5) is 33.5. The van der Waals surface area contributed by atoms with Gasteiger partial charge in [-0.05, 0) is 18.4 Å². The Bertz CT molecular complexity index is 819. The quantitative estimate of drug-likeness (QED) is 0.281. The number of hydrogen-bond acceptors (Lipinski definition) is 7. The second kappa shape index (κ2) is 10.0. The molecule has 0 atom stereocenters. The van der Waals surface area contributed by atoms with Crippen molar-refractivity contribution in [3.63, 3.8) is 0 Å². The molecule has 0 fully saturated rings. The lowest BCUT2D eigenvalue weighted by atomic mass is 10.1. The lowest BCUT2D eigenvalue weighted by Crippen LogP contribution is -2.12. The number of carbonyl (C=O) groups is 1. The van der Waals surface area contributed by atoms with Crippen molar-refractivity contribution in [1.82, 2.24) is 0 Å². The number of nitro groups is 2. The molecule has 0 heterocycles. The van der Waals surface area contributed by atoms with Gasteiger partial charge in [0.25, 0.3) is 11.4 Å². The monoisotopic (exact) mass is 387 g/mol. The average molecular weight is 387 g/mol. The van der Waals surface area contributed by atoms with Crippen LogP contribution in [-0.4, -0.2) is 29.0 Å². The van der Waals surface area contributed by atoms with Crippen molar-refractivity contribution >= 4 is 23.0 Å². The highest BCUT2D eigenvalue weighted by atomic mass is 16.6. The molecule has 0 aliphatic carbocycles. The van der Waals surface area contributed by atoms with Crippen molar-refractivity contribution < 1.29 is 19.4 Å². The minimum Gasteiger partial charge on any atom is -0.462 e. The standard InChI is InChI=1S/C19H21N3O6/c1-2-3-11-28-19(23)15-12-16(21(24)25)18(17(13-15)22(26)27)20-10-9-14-7-5-4-6-8-14/h4-8,12-13,20H,2-3,9-11H2,1H3. The summed E-state index contributed by atoms with van der Waals surface area (Å²) < 4.78 is 5.01. The number of benzene rings is 2. The minimum atomic E-state index is -0.824. The van der Waals surface area contributed by atoms with Crippen molar-refractivity contribution in [1.29, 1.82) is 0 Å². The summed E-state index contributed by atoms with van der Waals surface area (Å²) in [6.07, 6.45) is 1.96. The Morgan fingerprint density at radius 1 is 1.07 bits per heavy atom. The van der Waals surface area contributed by atoms with E-state index in [9.17, 15) is 25.0 Å². The largest absolute Gasteiger partial charge is 0.462 e. The van der Waals surface area contributed by atoms with Gasteiger partial charge in [0.05, 0.1) is 22.0 Å². The van der Waals surface area contributed by atoms with Crippen LogP contribution < -0.4 is 5.32 Å². The van der Waals surface area contributed by atoms with Crippen LogP contribution in [0.25, 0.3) is 0 Å². The van der Waals surface area contributed by atoms with E-state index in [0.717, 1.165) is 24.1 Å². The Kier molecular flexibility index (Phi) is 7.44.